The maximum atomic E-state index is 6.07. The number of ether oxygens (including phenoxy) is 1. The zero-order valence-corrected chi connectivity index (χ0v) is 14.3. The highest BCUT2D eigenvalue weighted by Gasteiger charge is 2.25. The molecule has 1 aromatic heterocycles. The summed E-state index contributed by atoms with van der Waals surface area (Å²) in [6.07, 6.45) is 0.733. The molecule has 0 saturated heterocycles. The first-order chi connectivity index (χ1) is 10.2. The summed E-state index contributed by atoms with van der Waals surface area (Å²) in [4.78, 5) is 10.4. The van der Waals surface area contributed by atoms with Crippen molar-refractivity contribution in [2.45, 2.75) is 24.3 Å². The fourth-order valence-corrected chi connectivity index (χ4v) is 3.84. The zero-order chi connectivity index (χ0) is 14.8. The van der Waals surface area contributed by atoms with Crippen LogP contribution < -0.4 is 10.1 Å². The van der Waals surface area contributed by atoms with Crippen LogP contribution in [0.25, 0.3) is 0 Å². The molecule has 0 spiro atoms. The van der Waals surface area contributed by atoms with Crippen LogP contribution in [-0.4, -0.2) is 22.8 Å². The van der Waals surface area contributed by atoms with Gasteiger partial charge in [-0.05, 0) is 34.5 Å². The molecule has 1 unspecified atom stereocenters. The molecule has 6 heteroatoms. The maximum Gasteiger partial charge on any atom is 0.172 e. The molecule has 1 aliphatic heterocycles. The number of aromatic nitrogens is 2. The van der Waals surface area contributed by atoms with E-state index >= 15 is 0 Å². The minimum Gasteiger partial charge on any atom is -0.480 e. The first kappa shape index (κ1) is 14.7. The van der Waals surface area contributed by atoms with E-state index in [9.17, 15) is 0 Å². The number of aryl methyl sites for hydroxylation is 1. The molecule has 21 heavy (non-hydrogen) atoms. The van der Waals surface area contributed by atoms with Gasteiger partial charge in [0.25, 0.3) is 0 Å². The molecule has 0 bridgehead atoms. The van der Waals surface area contributed by atoms with Gasteiger partial charge in [-0.3, -0.25) is 0 Å². The largest absolute Gasteiger partial charge is 0.480 e. The van der Waals surface area contributed by atoms with Gasteiger partial charge in [-0.25, -0.2) is 9.97 Å². The third-order valence-corrected chi connectivity index (χ3v) is 5.26. The van der Waals surface area contributed by atoms with E-state index in [0.717, 1.165) is 39.7 Å². The molecule has 3 rings (SSSR count). The van der Waals surface area contributed by atoms with Crippen LogP contribution in [0.1, 0.15) is 24.5 Å². The van der Waals surface area contributed by atoms with Crippen LogP contribution >= 0.6 is 27.7 Å². The van der Waals surface area contributed by atoms with Crippen LogP contribution in [0.3, 0.4) is 0 Å². The van der Waals surface area contributed by atoms with Crippen molar-refractivity contribution in [3.8, 4) is 5.75 Å². The topological polar surface area (TPSA) is 47.0 Å². The summed E-state index contributed by atoms with van der Waals surface area (Å²) in [6.45, 7) is 2.09. The summed E-state index contributed by atoms with van der Waals surface area (Å²) >= 11 is 5.34. The molecule has 0 radical (unpaired) electrons. The fourth-order valence-electron chi connectivity index (χ4n) is 2.20. The van der Waals surface area contributed by atoms with Crippen molar-refractivity contribution in [1.82, 2.24) is 9.97 Å². The molecular formula is C15H16BrN3OS. The van der Waals surface area contributed by atoms with Crippen molar-refractivity contribution in [3.05, 3.63) is 40.3 Å². The monoisotopic (exact) mass is 365 g/mol. The minimum atomic E-state index is -0.115. The molecule has 110 valence electrons. The molecule has 4 nitrogen and oxygen atoms in total. The Balaban J connectivity index is 1.95. The Morgan fingerprint density at radius 3 is 2.95 bits per heavy atom. The van der Waals surface area contributed by atoms with Crippen molar-refractivity contribution in [1.29, 1.82) is 0 Å². The summed E-state index contributed by atoms with van der Waals surface area (Å²) in [5, 5.41) is 3.11. The Labute approximate surface area is 136 Å². The molecule has 1 N–H and O–H groups in total. The molecule has 1 atom stereocenters. The van der Waals surface area contributed by atoms with E-state index in [4.69, 9.17) is 4.74 Å². The van der Waals surface area contributed by atoms with E-state index in [1.165, 1.54) is 4.90 Å². The molecule has 0 amide bonds. The smallest absolute Gasteiger partial charge is 0.172 e. The van der Waals surface area contributed by atoms with E-state index in [1.54, 1.807) is 11.8 Å². The summed E-state index contributed by atoms with van der Waals surface area (Å²) < 4.78 is 7.00. The number of fused-ring (bicyclic) bond motifs is 1. The predicted molar refractivity (Wildman–Crippen MR) is 89.2 cm³/mol. The van der Waals surface area contributed by atoms with E-state index in [0.29, 0.717) is 0 Å². The van der Waals surface area contributed by atoms with Crippen LogP contribution in [0.5, 0.6) is 5.75 Å². The Morgan fingerprint density at radius 2 is 2.19 bits per heavy atom. The number of thioether (sulfide) groups is 1. The molecular weight excluding hydrogens is 350 g/mol. The van der Waals surface area contributed by atoms with Gasteiger partial charge in [0.15, 0.2) is 11.9 Å². The third kappa shape index (κ3) is 2.87. The van der Waals surface area contributed by atoms with E-state index in [2.05, 4.69) is 44.2 Å². The van der Waals surface area contributed by atoms with E-state index in [-0.39, 0.29) is 6.10 Å². The number of nitrogens with one attached hydrogen (secondary N) is 1. The lowest BCUT2D eigenvalue weighted by atomic mass is 10.2. The molecule has 0 saturated carbocycles. The Bertz CT molecular complexity index is 640. The van der Waals surface area contributed by atoms with Crippen molar-refractivity contribution < 1.29 is 4.74 Å². The van der Waals surface area contributed by atoms with Crippen molar-refractivity contribution in [2.24, 2.45) is 0 Å². The third-order valence-electron chi connectivity index (χ3n) is 3.31. The van der Waals surface area contributed by atoms with Gasteiger partial charge >= 0.3 is 0 Å². The second-order valence-electron chi connectivity index (χ2n) is 4.66. The molecule has 2 aromatic rings. The lowest BCUT2D eigenvalue weighted by Crippen LogP contribution is -2.19. The van der Waals surface area contributed by atoms with Gasteiger partial charge in [-0.2, -0.15) is 0 Å². The number of anilines is 1. The van der Waals surface area contributed by atoms with Crippen molar-refractivity contribution >= 4 is 33.5 Å². The Morgan fingerprint density at radius 1 is 1.38 bits per heavy atom. The Kier molecular flexibility index (Phi) is 4.35. The number of para-hydroxylation sites is 1. The fraction of sp³-hybridized carbons (Fsp3) is 0.333. The predicted octanol–water partition coefficient (Wildman–Crippen LogP) is 4.07. The quantitative estimate of drug-likeness (QED) is 0.887. The summed E-state index contributed by atoms with van der Waals surface area (Å²) in [5.74, 6) is 3.28. The second-order valence-corrected chi connectivity index (χ2v) is 6.51. The van der Waals surface area contributed by atoms with Gasteiger partial charge in [0.2, 0.25) is 0 Å². The summed E-state index contributed by atoms with van der Waals surface area (Å²) in [6, 6.07) is 8.09. The van der Waals surface area contributed by atoms with Gasteiger partial charge in [-0.1, -0.05) is 19.1 Å². The van der Waals surface area contributed by atoms with Gasteiger partial charge in [0.05, 0.1) is 10.2 Å². The maximum absolute atomic E-state index is 6.07. The average Bonchev–Trinajstić information content (AvgIpc) is 2.54. The molecule has 1 aliphatic rings. The van der Waals surface area contributed by atoms with Crippen LogP contribution in [0.2, 0.25) is 0 Å². The first-order valence-electron chi connectivity index (χ1n) is 6.85. The zero-order valence-electron chi connectivity index (χ0n) is 11.9. The lowest BCUT2D eigenvalue weighted by molar-refractivity contribution is 0.210. The SMILES string of the molecule is CCc1nc(C2CSc3ccccc3O2)nc(NC)c1Br. The lowest BCUT2D eigenvalue weighted by Gasteiger charge is -2.25. The summed E-state index contributed by atoms with van der Waals surface area (Å²) in [5.41, 5.74) is 0.997. The standard InChI is InChI=1S/C15H16BrN3OS/c1-3-9-13(16)15(17-2)19-14(18-9)11-8-21-12-7-5-4-6-10(12)20-11/h4-7,11H,3,8H2,1-2H3,(H,17,18,19). The number of hydrogen-bond donors (Lipinski definition) is 1. The Hall–Kier alpha value is -1.27. The van der Waals surface area contributed by atoms with Crippen LogP contribution in [0, 0.1) is 0 Å². The summed E-state index contributed by atoms with van der Waals surface area (Å²) in [7, 11) is 1.86. The number of rotatable bonds is 3. The average molecular weight is 366 g/mol. The highest BCUT2D eigenvalue weighted by atomic mass is 79.9. The first-order valence-corrected chi connectivity index (χ1v) is 8.63. The highest BCUT2D eigenvalue weighted by Crippen LogP contribution is 2.40. The molecule has 0 fully saturated rings. The van der Waals surface area contributed by atoms with Crippen LogP contribution in [-0.2, 0) is 6.42 Å². The highest BCUT2D eigenvalue weighted by molar-refractivity contribution is 9.10. The van der Waals surface area contributed by atoms with E-state index < -0.39 is 0 Å². The number of halogens is 1. The second kappa shape index (κ2) is 6.23. The van der Waals surface area contributed by atoms with Crippen molar-refractivity contribution in [3.63, 3.8) is 0 Å². The van der Waals surface area contributed by atoms with Gasteiger partial charge < -0.3 is 10.1 Å². The van der Waals surface area contributed by atoms with Crippen molar-refractivity contribution in [2.75, 3.05) is 18.1 Å². The number of nitrogens with zero attached hydrogens (tertiary/aromatic N) is 2. The normalized spacial score (nSPS) is 17.0. The van der Waals surface area contributed by atoms with E-state index in [1.807, 2.05) is 25.2 Å². The van der Waals surface area contributed by atoms with Crippen LogP contribution in [0.4, 0.5) is 5.82 Å². The number of benzene rings is 1. The molecule has 1 aromatic carbocycles. The number of hydrogen-bond acceptors (Lipinski definition) is 5. The van der Waals surface area contributed by atoms with Crippen LogP contribution in [0.15, 0.2) is 33.6 Å². The minimum absolute atomic E-state index is 0.115. The van der Waals surface area contributed by atoms with Gasteiger partial charge in [0, 0.05) is 17.7 Å². The van der Waals surface area contributed by atoms with Gasteiger partial charge in [-0.15, -0.1) is 11.8 Å². The molecule has 2 heterocycles. The van der Waals surface area contributed by atoms with Gasteiger partial charge in [0.1, 0.15) is 11.6 Å². The molecule has 0 aliphatic carbocycles.